The Bertz CT molecular complexity index is 835. The molecule has 0 bridgehead atoms. The van der Waals surface area contributed by atoms with Crippen LogP contribution < -0.4 is 10.6 Å². The number of piperidine rings is 1. The van der Waals surface area contributed by atoms with E-state index in [1.807, 2.05) is 6.07 Å². The number of aliphatic hydroxyl groups excluding tert-OH is 1. The van der Waals surface area contributed by atoms with Crippen LogP contribution in [0.4, 0.5) is 11.1 Å². The predicted molar refractivity (Wildman–Crippen MR) is 105 cm³/mol. The minimum atomic E-state index is -0.271. The van der Waals surface area contributed by atoms with Gasteiger partial charge in [0.15, 0.2) is 5.13 Å². The molecule has 1 aliphatic heterocycles. The number of thiazole rings is 1. The van der Waals surface area contributed by atoms with E-state index in [2.05, 4.69) is 36.6 Å². The lowest BCUT2D eigenvalue weighted by atomic mass is 9.94. The number of hydrogen-bond acceptors (Lipinski definition) is 9. The minimum Gasteiger partial charge on any atom is -0.396 e. The average Bonchev–Trinajstić information content (AvgIpc) is 3.17. The van der Waals surface area contributed by atoms with E-state index in [0.29, 0.717) is 36.3 Å². The molecule has 2 aromatic heterocycles. The third-order valence-electron chi connectivity index (χ3n) is 4.47. The van der Waals surface area contributed by atoms with E-state index in [1.54, 1.807) is 11.6 Å². The number of rotatable bonds is 8. The summed E-state index contributed by atoms with van der Waals surface area (Å²) in [6.07, 6.45) is 4.30. The molecule has 1 amide bonds. The van der Waals surface area contributed by atoms with E-state index in [1.165, 1.54) is 11.3 Å². The van der Waals surface area contributed by atoms with Gasteiger partial charge < -0.3 is 15.7 Å². The van der Waals surface area contributed by atoms with E-state index in [0.717, 1.165) is 31.6 Å². The number of nitrogens with zero attached hydrogens (tertiary/aromatic N) is 5. The van der Waals surface area contributed by atoms with Crippen LogP contribution in [0, 0.1) is 11.3 Å². The van der Waals surface area contributed by atoms with Crippen LogP contribution in [0.1, 0.15) is 41.4 Å². The molecule has 1 atom stereocenters. The van der Waals surface area contributed by atoms with Gasteiger partial charge in [0.05, 0.1) is 18.3 Å². The fourth-order valence-corrected chi connectivity index (χ4v) is 3.79. The Balaban J connectivity index is 1.62. The van der Waals surface area contributed by atoms with Crippen molar-refractivity contribution in [2.75, 3.05) is 38.1 Å². The summed E-state index contributed by atoms with van der Waals surface area (Å²) in [5.74, 6) is 0.443. The van der Waals surface area contributed by atoms with Crippen LogP contribution in [0.2, 0.25) is 0 Å². The highest BCUT2D eigenvalue weighted by Gasteiger charge is 2.22. The number of carbonyl (C=O) groups is 1. The van der Waals surface area contributed by atoms with Gasteiger partial charge in [-0.3, -0.25) is 9.69 Å². The van der Waals surface area contributed by atoms with Gasteiger partial charge in [0.1, 0.15) is 5.69 Å². The molecule has 0 aromatic carbocycles. The number of aliphatic hydroxyl groups is 1. The van der Waals surface area contributed by atoms with Gasteiger partial charge in [0.25, 0.3) is 5.91 Å². The number of likely N-dealkylation sites (tertiary alicyclic amines) is 1. The number of nitrogens with one attached hydrogen (secondary N) is 2. The van der Waals surface area contributed by atoms with E-state index in [-0.39, 0.29) is 18.4 Å². The summed E-state index contributed by atoms with van der Waals surface area (Å²) in [7, 11) is 0. The summed E-state index contributed by atoms with van der Waals surface area (Å²) < 4.78 is 0. The lowest BCUT2D eigenvalue weighted by Crippen LogP contribution is -2.34. The standard InChI is InChI=1S/C18H23N7O2S/c19-5-9-25-8-1-3-13(11-25)14-4-7-21-17(22-14)24-18-23-15(12-28-18)16(27)20-6-2-10-26/h4,7,12-13,26H,1-3,6,8-11H2,(H,20,27)(H,21,22,23,24). The van der Waals surface area contributed by atoms with Gasteiger partial charge in [-0.1, -0.05) is 0 Å². The molecule has 0 radical (unpaired) electrons. The molecule has 3 heterocycles. The SMILES string of the molecule is N#CCN1CCCC(c2ccnc(Nc3nc(C(=O)NCCCO)cs3)n2)C1. The highest BCUT2D eigenvalue weighted by Crippen LogP contribution is 2.26. The summed E-state index contributed by atoms with van der Waals surface area (Å²) in [5.41, 5.74) is 1.26. The first kappa shape index (κ1) is 20.1. The molecule has 3 rings (SSSR count). The van der Waals surface area contributed by atoms with Gasteiger partial charge in [-0.2, -0.15) is 5.26 Å². The first-order chi connectivity index (χ1) is 13.7. The van der Waals surface area contributed by atoms with Crippen molar-refractivity contribution in [2.24, 2.45) is 0 Å². The zero-order chi connectivity index (χ0) is 19.8. The molecule has 0 spiro atoms. The smallest absolute Gasteiger partial charge is 0.270 e. The van der Waals surface area contributed by atoms with Crippen LogP contribution in [0.15, 0.2) is 17.6 Å². The molecule has 10 heteroatoms. The van der Waals surface area contributed by atoms with Crippen molar-refractivity contribution in [1.82, 2.24) is 25.2 Å². The molecule has 0 aliphatic carbocycles. The van der Waals surface area contributed by atoms with Crippen molar-refractivity contribution in [3.05, 3.63) is 29.0 Å². The van der Waals surface area contributed by atoms with E-state index >= 15 is 0 Å². The molecule has 148 valence electrons. The second-order valence-electron chi connectivity index (χ2n) is 6.53. The number of aromatic nitrogens is 3. The summed E-state index contributed by atoms with van der Waals surface area (Å²) in [4.78, 5) is 27.3. The molecule has 9 nitrogen and oxygen atoms in total. The Morgan fingerprint density at radius 1 is 1.46 bits per heavy atom. The van der Waals surface area contributed by atoms with Crippen molar-refractivity contribution in [2.45, 2.75) is 25.2 Å². The van der Waals surface area contributed by atoms with Crippen molar-refractivity contribution in [1.29, 1.82) is 5.26 Å². The third kappa shape index (κ3) is 5.45. The minimum absolute atomic E-state index is 0.0348. The van der Waals surface area contributed by atoms with Gasteiger partial charge in [0, 0.05) is 37.2 Å². The van der Waals surface area contributed by atoms with Gasteiger partial charge in [-0.15, -0.1) is 11.3 Å². The van der Waals surface area contributed by atoms with Crippen LogP contribution in [0.25, 0.3) is 0 Å². The van der Waals surface area contributed by atoms with Gasteiger partial charge in [0.2, 0.25) is 5.95 Å². The monoisotopic (exact) mass is 401 g/mol. The van der Waals surface area contributed by atoms with Crippen LogP contribution >= 0.6 is 11.3 Å². The van der Waals surface area contributed by atoms with Crippen LogP contribution in [-0.4, -0.2) is 63.7 Å². The van der Waals surface area contributed by atoms with Crippen molar-refractivity contribution in [3.8, 4) is 6.07 Å². The molecule has 0 saturated carbocycles. The van der Waals surface area contributed by atoms with E-state index in [4.69, 9.17) is 10.4 Å². The number of carbonyl (C=O) groups excluding carboxylic acids is 1. The zero-order valence-corrected chi connectivity index (χ0v) is 16.3. The Kier molecular flexibility index (Phi) is 7.25. The topological polar surface area (TPSA) is 127 Å². The molecule has 28 heavy (non-hydrogen) atoms. The molecule has 1 fully saturated rings. The Hall–Kier alpha value is -2.61. The fraction of sp³-hybridized carbons (Fsp3) is 0.500. The van der Waals surface area contributed by atoms with Crippen LogP contribution in [0.5, 0.6) is 0 Å². The normalized spacial score (nSPS) is 17.1. The van der Waals surface area contributed by atoms with Crippen molar-refractivity contribution >= 4 is 28.3 Å². The van der Waals surface area contributed by atoms with E-state index < -0.39 is 0 Å². The van der Waals surface area contributed by atoms with Crippen LogP contribution in [0.3, 0.4) is 0 Å². The van der Waals surface area contributed by atoms with Gasteiger partial charge in [-0.25, -0.2) is 15.0 Å². The second-order valence-corrected chi connectivity index (χ2v) is 7.39. The predicted octanol–water partition coefficient (Wildman–Crippen LogP) is 1.49. The van der Waals surface area contributed by atoms with Crippen molar-refractivity contribution < 1.29 is 9.90 Å². The molecular weight excluding hydrogens is 378 g/mol. The molecule has 1 unspecified atom stereocenters. The van der Waals surface area contributed by atoms with Gasteiger partial charge >= 0.3 is 0 Å². The molecule has 2 aromatic rings. The van der Waals surface area contributed by atoms with Crippen LogP contribution in [-0.2, 0) is 0 Å². The van der Waals surface area contributed by atoms with Gasteiger partial charge in [-0.05, 0) is 31.9 Å². The Morgan fingerprint density at radius 3 is 3.18 bits per heavy atom. The summed E-state index contributed by atoms with van der Waals surface area (Å²) >= 11 is 1.30. The number of nitriles is 1. The fourth-order valence-electron chi connectivity index (χ4n) is 3.10. The average molecular weight is 401 g/mol. The summed E-state index contributed by atoms with van der Waals surface area (Å²) in [5, 5.41) is 25.7. The Morgan fingerprint density at radius 2 is 2.36 bits per heavy atom. The lowest BCUT2D eigenvalue weighted by molar-refractivity contribution is 0.0947. The lowest BCUT2D eigenvalue weighted by Gasteiger charge is -2.30. The third-order valence-corrected chi connectivity index (χ3v) is 5.23. The maximum atomic E-state index is 12.0. The quantitative estimate of drug-likeness (QED) is 0.448. The van der Waals surface area contributed by atoms with E-state index in [9.17, 15) is 4.79 Å². The summed E-state index contributed by atoms with van der Waals surface area (Å²) in [6, 6.07) is 4.12. The molecule has 3 N–H and O–H groups in total. The maximum absolute atomic E-state index is 12.0. The molecule has 1 saturated heterocycles. The largest absolute Gasteiger partial charge is 0.396 e. The summed E-state index contributed by atoms with van der Waals surface area (Å²) in [6.45, 7) is 2.65. The highest BCUT2D eigenvalue weighted by molar-refractivity contribution is 7.14. The first-order valence-electron chi connectivity index (χ1n) is 9.23. The Labute approximate surface area is 167 Å². The highest BCUT2D eigenvalue weighted by atomic mass is 32.1. The van der Waals surface area contributed by atoms with Crippen molar-refractivity contribution in [3.63, 3.8) is 0 Å². The number of hydrogen-bond donors (Lipinski definition) is 3. The zero-order valence-electron chi connectivity index (χ0n) is 15.5. The molecule has 1 aliphatic rings. The maximum Gasteiger partial charge on any atom is 0.270 e. The number of anilines is 2. The second kappa shape index (κ2) is 10.1. The molecular formula is C18H23N7O2S. The number of amides is 1. The first-order valence-corrected chi connectivity index (χ1v) is 10.1.